The lowest BCUT2D eigenvalue weighted by Gasteiger charge is -1.98. The maximum absolute atomic E-state index is 11.9. The summed E-state index contributed by atoms with van der Waals surface area (Å²) in [5.41, 5.74) is 1.82. The van der Waals surface area contributed by atoms with Gasteiger partial charge in [0.25, 0.3) is 0 Å². The third-order valence-electron chi connectivity index (χ3n) is 3.08. The second-order valence-corrected chi connectivity index (χ2v) is 5.80. The van der Waals surface area contributed by atoms with Crippen molar-refractivity contribution in [1.29, 1.82) is 0 Å². The Labute approximate surface area is 126 Å². The van der Waals surface area contributed by atoms with Crippen molar-refractivity contribution in [2.75, 3.05) is 12.1 Å². The van der Waals surface area contributed by atoms with Crippen molar-refractivity contribution in [3.63, 3.8) is 0 Å². The molecule has 1 N–H and O–H groups in total. The van der Waals surface area contributed by atoms with Gasteiger partial charge in [0.05, 0.1) is 5.69 Å². The van der Waals surface area contributed by atoms with Crippen LogP contribution in [0.4, 0.5) is 5.13 Å². The van der Waals surface area contributed by atoms with Crippen LogP contribution in [0.3, 0.4) is 0 Å². The number of thiazole rings is 1. The first-order valence-corrected chi connectivity index (χ1v) is 7.26. The Morgan fingerprint density at radius 2 is 2.14 bits per heavy atom. The Morgan fingerprint density at radius 3 is 2.90 bits per heavy atom. The minimum atomic E-state index is -0.207. The number of fused-ring (bicyclic) bond motifs is 1. The minimum Gasteiger partial charge on any atom is -0.454 e. The molecule has 3 rings (SSSR count). The summed E-state index contributed by atoms with van der Waals surface area (Å²) in [6, 6.07) is 5.53. The van der Waals surface area contributed by atoms with Gasteiger partial charge in [-0.1, -0.05) is 6.07 Å². The molecule has 0 saturated carbocycles. The molecular weight excluding hydrogens is 288 g/mol. The average molecular weight is 302 g/mol. The molecule has 2 aromatic rings. The average Bonchev–Trinajstić information content (AvgIpc) is 3.03. The van der Waals surface area contributed by atoms with E-state index in [2.05, 4.69) is 10.3 Å². The molecule has 0 radical (unpaired) electrons. The first-order valence-electron chi connectivity index (χ1n) is 6.44. The number of aromatic nitrogens is 1. The number of carbonyl (C=O) groups is 1. The van der Waals surface area contributed by atoms with Gasteiger partial charge in [0.15, 0.2) is 16.6 Å². The van der Waals surface area contributed by atoms with E-state index >= 15 is 0 Å². The van der Waals surface area contributed by atoms with Crippen LogP contribution >= 0.6 is 11.3 Å². The number of nitrogens with zero attached hydrogens (tertiary/aromatic N) is 1. The zero-order chi connectivity index (χ0) is 14.8. The lowest BCUT2D eigenvalue weighted by molar-refractivity contribution is -0.111. The van der Waals surface area contributed by atoms with Gasteiger partial charge in [-0.05, 0) is 37.6 Å². The highest BCUT2D eigenvalue weighted by Crippen LogP contribution is 2.32. The number of hydrogen-bond donors (Lipinski definition) is 1. The van der Waals surface area contributed by atoms with Gasteiger partial charge in [-0.15, -0.1) is 11.3 Å². The molecule has 2 heterocycles. The smallest absolute Gasteiger partial charge is 0.250 e. The van der Waals surface area contributed by atoms with Crippen LogP contribution in [-0.2, 0) is 4.79 Å². The maximum Gasteiger partial charge on any atom is 0.250 e. The largest absolute Gasteiger partial charge is 0.454 e. The van der Waals surface area contributed by atoms with Crippen LogP contribution in [-0.4, -0.2) is 17.7 Å². The van der Waals surface area contributed by atoms with Gasteiger partial charge in [0.1, 0.15) is 0 Å². The number of benzene rings is 1. The van der Waals surface area contributed by atoms with Crippen molar-refractivity contribution in [2.24, 2.45) is 0 Å². The van der Waals surface area contributed by atoms with E-state index in [1.165, 1.54) is 17.4 Å². The number of carbonyl (C=O) groups excluding carboxylic acids is 1. The van der Waals surface area contributed by atoms with Crippen LogP contribution in [0.5, 0.6) is 11.5 Å². The second-order valence-electron chi connectivity index (χ2n) is 4.60. The molecule has 1 aliphatic rings. The van der Waals surface area contributed by atoms with E-state index in [0.717, 1.165) is 21.9 Å². The summed E-state index contributed by atoms with van der Waals surface area (Å²) in [6.45, 7) is 4.14. The normalized spacial score (nSPS) is 12.9. The van der Waals surface area contributed by atoms with Crippen molar-refractivity contribution in [3.05, 3.63) is 40.4 Å². The molecule has 1 aromatic carbocycles. The molecule has 1 amide bonds. The van der Waals surface area contributed by atoms with Crippen LogP contribution in [0.25, 0.3) is 6.08 Å². The predicted molar refractivity (Wildman–Crippen MR) is 81.8 cm³/mol. The number of ether oxygens (including phenoxy) is 2. The first-order chi connectivity index (χ1) is 10.1. The monoisotopic (exact) mass is 302 g/mol. The lowest BCUT2D eigenvalue weighted by Crippen LogP contribution is -2.07. The molecule has 0 atom stereocenters. The number of amides is 1. The summed E-state index contributed by atoms with van der Waals surface area (Å²) in [6.07, 6.45) is 3.20. The Balaban J connectivity index is 1.66. The molecule has 21 heavy (non-hydrogen) atoms. The van der Waals surface area contributed by atoms with Crippen molar-refractivity contribution in [2.45, 2.75) is 13.8 Å². The highest BCUT2D eigenvalue weighted by Gasteiger charge is 2.12. The van der Waals surface area contributed by atoms with E-state index in [9.17, 15) is 4.79 Å². The lowest BCUT2D eigenvalue weighted by atomic mass is 10.2. The maximum atomic E-state index is 11.9. The first kappa shape index (κ1) is 13.6. The molecule has 0 aliphatic carbocycles. The van der Waals surface area contributed by atoms with E-state index in [0.29, 0.717) is 10.9 Å². The van der Waals surface area contributed by atoms with Crippen LogP contribution in [0, 0.1) is 13.8 Å². The van der Waals surface area contributed by atoms with Crippen LogP contribution in [0.1, 0.15) is 16.1 Å². The van der Waals surface area contributed by atoms with Gasteiger partial charge in [-0.25, -0.2) is 4.98 Å². The second kappa shape index (κ2) is 5.57. The predicted octanol–water partition coefficient (Wildman–Crippen LogP) is 3.14. The minimum absolute atomic E-state index is 0.207. The Kier molecular flexibility index (Phi) is 3.62. The van der Waals surface area contributed by atoms with Crippen LogP contribution in [0.2, 0.25) is 0 Å². The Morgan fingerprint density at radius 1 is 1.33 bits per heavy atom. The zero-order valence-corrected chi connectivity index (χ0v) is 12.5. The topological polar surface area (TPSA) is 60.5 Å². The number of hydrogen-bond acceptors (Lipinski definition) is 5. The van der Waals surface area contributed by atoms with Crippen LogP contribution in [0.15, 0.2) is 24.3 Å². The fraction of sp³-hybridized carbons (Fsp3) is 0.200. The van der Waals surface area contributed by atoms with E-state index < -0.39 is 0 Å². The number of rotatable bonds is 3. The highest BCUT2D eigenvalue weighted by atomic mass is 32.1. The third-order valence-corrected chi connectivity index (χ3v) is 4.07. The van der Waals surface area contributed by atoms with Crippen molar-refractivity contribution in [3.8, 4) is 11.5 Å². The fourth-order valence-corrected chi connectivity index (χ4v) is 2.68. The molecule has 0 bridgehead atoms. The Bertz CT molecular complexity index is 702. The van der Waals surface area contributed by atoms with Gasteiger partial charge in [0, 0.05) is 11.0 Å². The highest BCUT2D eigenvalue weighted by molar-refractivity contribution is 7.15. The third kappa shape index (κ3) is 3.05. The Hall–Kier alpha value is -2.34. The number of anilines is 1. The van der Waals surface area contributed by atoms with Crippen molar-refractivity contribution < 1.29 is 14.3 Å². The summed E-state index contributed by atoms with van der Waals surface area (Å²) < 4.78 is 10.5. The molecule has 0 unspecified atom stereocenters. The van der Waals surface area contributed by atoms with E-state index in [-0.39, 0.29) is 12.7 Å². The molecular formula is C15H14N2O3S. The molecule has 1 aromatic heterocycles. The molecule has 6 heteroatoms. The summed E-state index contributed by atoms with van der Waals surface area (Å²) in [5.74, 6) is 1.22. The van der Waals surface area contributed by atoms with Gasteiger partial charge in [-0.2, -0.15) is 0 Å². The van der Waals surface area contributed by atoms with Gasteiger partial charge >= 0.3 is 0 Å². The molecule has 108 valence electrons. The van der Waals surface area contributed by atoms with E-state index in [1.807, 2.05) is 32.0 Å². The van der Waals surface area contributed by atoms with E-state index in [4.69, 9.17) is 9.47 Å². The van der Waals surface area contributed by atoms with E-state index in [1.54, 1.807) is 6.08 Å². The zero-order valence-electron chi connectivity index (χ0n) is 11.7. The fourth-order valence-electron chi connectivity index (χ4n) is 1.86. The van der Waals surface area contributed by atoms with Gasteiger partial charge in [0.2, 0.25) is 12.7 Å². The molecule has 0 fully saturated rings. The summed E-state index contributed by atoms with van der Waals surface area (Å²) >= 11 is 1.47. The summed E-state index contributed by atoms with van der Waals surface area (Å²) in [5, 5.41) is 3.37. The molecule has 0 spiro atoms. The number of aryl methyl sites for hydroxylation is 2. The van der Waals surface area contributed by atoms with Crippen LogP contribution < -0.4 is 14.8 Å². The van der Waals surface area contributed by atoms with Crippen molar-refractivity contribution >= 4 is 28.5 Å². The van der Waals surface area contributed by atoms with Crippen molar-refractivity contribution in [1.82, 2.24) is 4.98 Å². The molecule has 0 saturated heterocycles. The number of nitrogens with one attached hydrogen (secondary N) is 1. The molecule has 5 nitrogen and oxygen atoms in total. The quantitative estimate of drug-likeness (QED) is 0.885. The standard InChI is InChI=1S/C15H14N2O3S/c1-9-10(2)21-15(16-9)17-14(18)6-4-11-3-5-12-13(7-11)20-8-19-12/h3-7H,8H2,1-2H3,(H,16,17,18)/b6-4-. The van der Waals surface area contributed by atoms with Gasteiger partial charge in [-0.3, -0.25) is 10.1 Å². The van der Waals surface area contributed by atoms with Gasteiger partial charge < -0.3 is 9.47 Å². The summed E-state index contributed by atoms with van der Waals surface area (Å²) in [4.78, 5) is 17.2. The summed E-state index contributed by atoms with van der Waals surface area (Å²) in [7, 11) is 0. The molecule has 1 aliphatic heterocycles. The SMILES string of the molecule is Cc1nc(NC(=O)/C=C\c2ccc3c(c2)OCO3)sc1C.